The van der Waals surface area contributed by atoms with Crippen LogP contribution in [0.1, 0.15) is 11.1 Å². The van der Waals surface area contributed by atoms with E-state index in [0.29, 0.717) is 0 Å². The fourth-order valence-corrected chi connectivity index (χ4v) is 2.83. The van der Waals surface area contributed by atoms with Gasteiger partial charge < -0.3 is 4.57 Å². The summed E-state index contributed by atoms with van der Waals surface area (Å²) in [5, 5.41) is 0.810. The standard InChI is InChI=1S/C16H11NO/c18-15-8-9-17-14-7-2-1-4-11(14)10-12-5-3-6-13(15)16(12)17/h1-9H,10H2. The van der Waals surface area contributed by atoms with E-state index in [2.05, 4.69) is 28.8 Å². The maximum atomic E-state index is 11.9. The first-order valence-corrected chi connectivity index (χ1v) is 6.06. The normalized spacial score (nSPS) is 12.4. The predicted molar refractivity (Wildman–Crippen MR) is 72.4 cm³/mol. The Bertz CT molecular complexity index is 830. The van der Waals surface area contributed by atoms with Crippen molar-refractivity contribution in [3.63, 3.8) is 0 Å². The van der Waals surface area contributed by atoms with Gasteiger partial charge in [-0.2, -0.15) is 0 Å². The Kier molecular flexibility index (Phi) is 1.78. The zero-order valence-electron chi connectivity index (χ0n) is 9.76. The van der Waals surface area contributed by atoms with Crippen molar-refractivity contribution < 1.29 is 0 Å². The number of hydrogen-bond acceptors (Lipinski definition) is 1. The van der Waals surface area contributed by atoms with Crippen molar-refractivity contribution in [2.45, 2.75) is 6.42 Å². The summed E-state index contributed by atoms with van der Waals surface area (Å²) in [5.74, 6) is 0. The van der Waals surface area contributed by atoms with Gasteiger partial charge in [-0.1, -0.05) is 30.3 Å². The molecule has 0 saturated carbocycles. The van der Waals surface area contributed by atoms with Gasteiger partial charge in [0.2, 0.25) is 0 Å². The molecule has 1 aliphatic rings. The minimum absolute atomic E-state index is 0.0995. The van der Waals surface area contributed by atoms with Gasteiger partial charge in [0.15, 0.2) is 5.43 Å². The summed E-state index contributed by atoms with van der Waals surface area (Å²) < 4.78 is 2.13. The highest BCUT2D eigenvalue weighted by Crippen LogP contribution is 2.30. The van der Waals surface area contributed by atoms with E-state index in [1.54, 1.807) is 6.07 Å². The van der Waals surface area contributed by atoms with Crippen LogP contribution in [0.25, 0.3) is 16.6 Å². The van der Waals surface area contributed by atoms with Crippen molar-refractivity contribution in [3.8, 4) is 5.69 Å². The molecule has 1 aromatic heterocycles. The summed E-state index contributed by atoms with van der Waals surface area (Å²) in [5.41, 5.74) is 4.87. The Hall–Kier alpha value is -2.35. The monoisotopic (exact) mass is 233 g/mol. The SMILES string of the molecule is O=c1ccn2c3c(cccc13)Cc1ccccc1-2. The third-order valence-corrected chi connectivity index (χ3v) is 3.63. The van der Waals surface area contributed by atoms with Crippen molar-refractivity contribution >= 4 is 10.9 Å². The number of benzene rings is 2. The lowest BCUT2D eigenvalue weighted by molar-refractivity contribution is 0.999. The third-order valence-electron chi connectivity index (χ3n) is 3.63. The van der Waals surface area contributed by atoms with E-state index in [9.17, 15) is 4.79 Å². The fourth-order valence-electron chi connectivity index (χ4n) is 2.83. The van der Waals surface area contributed by atoms with E-state index in [1.165, 1.54) is 16.8 Å². The second-order valence-corrected chi connectivity index (χ2v) is 4.67. The summed E-state index contributed by atoms with van der Waals surface area (Å²) in [7, 11) is 0. The second-order valence-electron chi connectivity index (χ2n) is 4.67. The average Bonchev–Trinajstić information content (AvgIpc) is 2.42. The molecule has 3 aromatic rings. The zero-order chi connectivity index (χ0) is 12.1. The second kappa shape index (κ2) is 3.33. The molecule has 0 spiro atoms. The molecule has 86 valence electrons. The van der Waals surface area contributed by atoms with Crippen molar-refractivity contribution in [2.75, 3.05) is 0 Å². The number of pyridine rings is 1. The maximum absolute atomic E-state index is 11.9. The van der Waals surface area contributed by atoms with Gasteiger partial charge in [-0.3, -0.25) is 4.79 Å². The van der Waals surface area contributed by atoms with E-state index in [4.69, 9.17) is 0 Å². The summed E-state index contributed by atoms with van der Waals surface area (Å²) >= 11 is 0. The number of hydrogen-bond donors (Lipinski definition) is 0. The van der Waals surface area contributed by atoms with Crippen molar-refractivity contribution in [3.05, 3.63) is 76.1 Å². The molecule has 0 saturated heterocycles. The van der Waals surface area contributed by atoms with Crippen molar-refractivity contribution in [2.24, 2.45) is 0 Å². The molecule has 0 fully saturated rings. The highest BCUT2D eigenvalue weighted by Gasteiger charge is 2.16. The molecule has 0 amide bonds. The van der Waals surface area contributed by atoms with Gasteiger partial charge in [0.05, 0.1) is 5.52 Å². The van der Waals surface area contributed by atoms with Crippen LogP contribution in [-0.4, -0.2) is 4.57 Å². The van der Waals surface area contributed by atoms with Crippen LogP contribution in [0.3, 0.4) is 0 Å². The Balaban J connectivity index is 2.25. The molecule has 2 nitrogen and oxygen atoms in total. The first-order valence-electron chi connectivity index (χ1n) is 6.06. The Morgan fingerprint density at radius 2 is 1.72 bits per heavy atom. The van der Waals surface area contributed by atoms with Crippen LogP contribution >= 0.6 is 0 Å². The average molecular weight is 233 g/mol. The maximum Gasteiger partial charge on any atom is 0.189 e. The van der Waals surface area contributed by atoms with Crippen LogP contribution in [0.15, 0.2) is 59.5 Å². The van der Waals surface area contributed by atoms with Gasteiger partial charge in [-0.15, -0.1) is 0 Å². The van der Waals surface area contributed by atoms with Gasteiger partial charge >= 0.3 is 0 Å². The van der Waals surface area contributed by atoms with Gasteiger partial charge in [-0.05, 0) is 23.3 Å². The predicted octanol–water partition coefficient (Wildman–Crippen LogP) is 2.89. The number of nitrogens with zero attached hydrogens (tertiary/aromatic N) is 1. The highest BCUT2D eigenvalue weighted by molar-refractivity contribution is 5.85. The van der Waals surface area contributed by atoms with Crippen LogP contribution in [0.2, 0.25) is 0 Å². The molecule has 0 N–H and O–H groups in total. The lowest BCUT2D eigenvalue weighted by atomic mass is 9.96. The van der Waals surface area contributed by atoms with Crippen LogP contribution < -0.4 is 5.43 Å². The molecule has 0 unspecified atom stereocenters. The summed E-state index contributed by atoms with van der Waals surface area (Å²) in [4.78, 5) is 11.9. The van der Waals surface area contributed by atoms with Crippen molar-refractivity contribution in [1.82, 2.24) is 4.57 Å². The summed E-state index contributed by atoms with van der Waals surface area (Å²) in [6.45, 7) is 0. The third kappa shape index (κ3) is 1.15. The number of fused-ring (bicyclic) bond motifs is 2. The quantitative estimate of drug-likeness (QED) is 0.457. The van der Waals surface area contributed by atoms with E-state index in [0.717, 1.165) is 17.3 Å². The van der Waals surface area contributed by atoms with E-state index < -0.39 is 0 Å². The minimum Gasteiger partial charge on any atom is -0.316 e. The largest absolute Gasteiger partial charge is 0.316 e. The lowest BCUT2D eigenvalue weighted by Crippen LogP contribution is -2.14. The molecular formula is C16H11NO. The first-order chi connectivity index (χ1) is 8.84. The molecule has 18 heavy (non-hydrogen) atoms. The lowest BCUT2D eigenvalue weighted by Gasteiger charge is -2.22. The smallest absolute Gasteiger partial charge is 0.189 e. The van der Waals surface area contributed by atoms with Gasteiger partial charge in [0.25, 0.3) is 0 Å². The summed E-state index contributed by atoms with van der Waals surface area (Å²) in [6.07, 6.45) is 2.78. The first kappa shape index (κ1) is 9.66. The number of rotatable bonds is 0. The molecule has 2 aromatic carbocycles. The van der Waals surface area contributed by atoms with Crippen LogP contribution in [-0.2, 0) is 6.42 Å². The van der Waals surface area contributed by atoms with Gasteiger partial charge in [0.1, 0.15) is 0 Å². The topological polar surface area (TPSA) is 22.0 Å². The Labute approximate surface area is 104 Å². The summed E-state index contributed by atoms with van der Waals surface area (Å²) in [6, 6.07) is 16.0. The highest BCUT2D eigenvalue weighted by atomic mass is 16.1. The molecule has 1 aliphatic heterocycles. The molecule has 2 heteroatoms. The Morgan fingerprint density at radius 3 is 2.67 bits per heavy atom. The molecule has 2 heterocycles. The molecular weight excluding hydrogens is 222 g/mol. The molecule has 0 aliphatic carbocycles. The fraction of sp³-hybridized carbons (Fsp3) is 0.0625. The van der Waals surface area contributed by atoms with Crippen LogP contribution in [0.4, 0.5) is 0 Å². The molecule has 0 atom stereocenters. The molecule has 0 radical (unpaired) electrons. The molecule has 0 bridgehead atoms. The van der Waals surface area contributed by atoms with Gasteiger partial charge in [0, 0.05) is 29.8 Å². The minimum atomic E-state index is 0.0995. The van der Waals surface area contributed by atoms with E-state index >= 15 is 0 Å². The van der Waals surface area contributed by atoms with Crippen LogP contribution in [0.5, 0.6) is 0 Å². The van der Waals surface area contributed by atoms with Gasteiger partial charge in [-0.25, -0.2) is 0 Å². The molecule has 4 rings (SSSR count). The zero-order valence-corrected chi connectivity index (χ0v) is 9.76. The van der Waals surface area contributed by atoms with E-state index in [-0.39, 0.29) is 5.43 Å². The number of para-hydroxylation sites is 2. The van der Waals surface area contributed by atoms with E-state index in [1.807, 2.05) is 24.4 Å². The number of aromatic nitrogens is 1. The van der Waals surface area contributed by atoms with Crippen LogP contribution in [0, 0.1) is 0 Å². The Morgan fingerprint density at radius 1 is 0.889 bits per heavy atom. The van der Waals surface area contributed by atoms with Crippen molar-refractivity contribution in [1.29, 1.82) is 0 Å².